The molecule has 0 aromatic heterocycles. The van der Waals surface area contributed by atoms with E-state index >= 15 is 0 Å². The van der Waals surface area contributed by atoms with E-state index in [9.17, 15) is 14.4 Å². The monoisotopic (exact) mass is 343 g/mol. The summed E-state index contributed by atoms with van der Waals surface area (Å²) in [7, 11) is 0. The molecule has 6 nitrogen and oxygen atoms in total. The lowest BCUT2D eigenvalue weighted by atomic mass is 9.99. The van der Waals surface area contributed by atoms with Crippen LogP contribution in [0.25, 0.3) is 0 Å². The van der Waals surface area contributed by atoms with E-state index in [0.717, 1.165) is 5.56 Å². The summed E-state index contributed by atoms with van der Waals surface area (Å²) in [5.74, 6) is -0.207. The summed E-state index contributed by atoms with van der Waals surface area (Å²) in [5.41, 5.74) is 0.802. The Morgan fingerprint density at radius 1 is 1.24 bits per heavy atom. The highest BCUT2D eigenvalue weighted by Gasteiger charge is 2.41. The van der Waals surface area contributed by atoms with Crippen molar-refractivity contribution in [3.05, 3.63) is 35.9 Å². The molecule has 2 atom stereocenters. The average molecular weight is 343 g/mol. The molecule has 3 rings (SSSR count). The summed E-state index contributed by atoms with van der Waals surface area (Å²) in [6.45, 7) is 6.16. The molecule has 1 aromatic carbocycles. The topological polar surface area (TPSA) is 69.7 Å². The summed E-state index contributed by atoms with van der Waals surface area (Å²) in [5, 5.41) is 2.84. The van der Waals surface area contributed by atoms with E-state index in [2.05, 4.69) is 19.2 Å². The highest BCUT2D eigenvalue weighted by atomic mass is 16.2. The van der Waals surface area contributed by atoms with E-state index < -0.39 is 6.04 Å². The van der Waals surface area contributed by atoms with Crippen LogP contribution in [0.15, 0.2) is 30.3 Å². The molecule has 1 aromatic rings. The third kappa shape index (κ3) is 3.67. The van der Waals surface area contributed by atoms with Crippen molar-refractivity contribution in [1.29, 1.82) is 0 Å². The van der Waals surface area contributed by atoms with E-state index in [0.29, 0.717) is 32.1 Å². The normalized spacial score (nSPS) is 24.0. The lowest BCUT2D eigenvalue weighted by molar-refractivity contribution is -0.146. The predicted octanol–water partition coefficient (Wildman–Crippen LogP) is 1.19. The van der Waals surface area contributed by atoms with Crippen molar-refractivity contribution in [2.45, 2.75) is 26.3 Å². The van der Waals surface area contributed by atoms with Gasteiger partial charge in [0.15, 0.2) is 0 Å². The molecule has 0 spiro atoms. The Bertz CT molecular complexity index is 659. The molecule has 2 unspecified atom stereocenters. The second-order valence-corrected chi connectivity index (χ2v) is 7.23. The zero-order chi connectivity index (χ0) is 18.0. The van der Waals surface area contributed by atoms with Crippen molar-refractivity contribution in [1.82, 2.24) is 15.1 Å². The van der Waals surface area contributed by atoms with Crippen LogP contribution >= 0.6 is 0 Å². The van der Waals surface area contributed by atoms with Gasteiger partial charge in [0.2, 0.25) is 17.7 Å². The Morgan fingerprint density at radius 2 is 1.96 bits per heavy atom. The minimum atomic E-state index is -0.614. The summed E-state index contributed by atoms with van der Waals surface area (Å²) >= 11 is 0. The van der Waals surface area contributed by atoms with Gasteiger partial charge in [0.05, 0.1) is 5.92 Å². The highest BCUT2D eigenvalue weighted by molar-refractivity contribution is 5.93. The van der Waals surface area contributed by atoms with Crippen LogP contribution in [0.3, 0.4) is 0 Å². The molecule has 0 radical (unpaired) electrons. The molecular formula is C19H25N3O3. The predicted molar refractivity (Wildman–Crippen MR) is 93.4 cm³/mol. The van der Waals surface area contributed by atoms with Crippen molar-refractivity contribution in [3.8, 4) is 0 Å². The number of amides is 3. The number of benzene rings is 1. The Balaban J connectivity index is 1.78. The molecular weight excluding hydrogens is 318 g/mol. The number of carbonyl (C=O) groups excluding carboxylic acids is 3. The summed E-state index contributed by atoms with van der Waals surface area (Å²) in [4.78, 5) is 41.1. The Morgan fingerprint density at radius 3 is 2.64 bits per heavy atom. The number of likely N-dealkylation sites (tertiary alicyclic amines) is 1. The molecule has 0 saturated carbocycles. The third-order valence-corrected chi connectivity index (χ3v) is 4.76. The molecule has 1 N–H and O–H groups in total. The molecule has 3 amide bonds. The number of carbonyl (C=O) groups is 3. The molecule has 2 aliphatic rings. The first kappa shape index (κ1) is 17.5. The van der Waals surface area contributed by atoms with Gasteiger partial charge in [-0.05, 0) is 11.5 Å². The summed E-state index contributed by atoms with van der Waals surface area (Å²) in [6.07, 6.45) is 0.241. The SMILES string of the molecule is CC(C)CN1CC(C(=O)N2CCNC(=O)C2c2ccccc2)CC1=O. The molecule has 0 bridgehead atoms. The van der Waals surface area contributed by atoms with E-state index in [4.69, 9.17) is 0 Å². The van der Waals surface area contributed by atoms with Crippen molar-refractivity contribution in [2.75, 3.05) is 26.2 Å². The van der Waals surface area contributed by atoms with Crippen molar-refractivity contribution in [2.24, 2.45) is 11.8 Å². The van der Waals surface area contributed by atoms with Crippen molar-refractivity contribution in [3.63, 3.8) is 0 Å². The van der Waals surface area contributed by atoms with E-state index in [1.165, 1.54) is 0 Å². The Labute approximate surface area is 148 Å². The first-order valence-corrected chi connectivity index (χ1v) is 8.88. The smallest absolute Gasteiger partial charge is 0.247 e. The second-order valence-electron chi connectivity index (χ2n) is 7.23. The van der Waals surface area contributed by atoms with Crippen LogP contribution in [0.5, 0.6) is 0 Å². The van der Waals surface area contributed by atoms with E-state index in [1.54, 1.807) is 9.80 Å². The number of nitrogens with zero attached hydrogens (tertiary/aromatic N) is 2. The second kappa shape index (κ2) is 7.25. The van der Waals surface area contributed by atoms with Crippen molar-refractivity contribution >= 4 is 17.7 Å². The highest BCUT2D eigenvalue weighted by Crippen LogP contribution is 2.28. The van der Waals surface area contributed by atoms with Gasteiger partial charge in [0.1, 0.15) is 6.04 Å². The van der Waals surface area contributed by atoms with Crippen LogP contribution in [-0.4, -0.2) is 53.7 Å². The van der Waals surface area contributed by atoms with Gasteiger partial charge < -0.3 is 15.1 Å². The van der Waals surface area contributed by atoms with Gasteiger partial charge in [-0.25, -0.2) is 0 Å². The molecule has 6 heteroatoms. The number of hydrogen-bond donors (Lipinski definition) is 1. The first-order valence-electron chi connectivity index (χ1n) is 8.88. The maximum atomic E-state index is 13.1. The Hall–Kier alpha value is -2.37. The zero-order valence-corrected chi connectivity index (χ0v) is 14.8. The standard InChI is InChI=1S/C19H25N3O3/c1-13(2)11-21-12-15(10-16(21)23)19(25)22-9-8-20-18(24)17(22)14-6-4-3-5-7-14/h3-7,13,15,17H,8-12H2,1-2H3,(H,20,24). The van der Waals surface area contributed by atoms with Gasteiger partial charge in [0, 0.05) is 32.6 Å². The molecule has 25 heavy (non-hydrogen) atoms. The minimum absolute atomic E-state index is 0.0322. The number of hydrogen-bond acceptors (Lipinski definition) is 3. The average Bonchev–Trinajstić information content (AvgIpc) is 2.95. The van der Waals surface area contributed by atoms with E-state index in [-0.39, 0.29) is 30.1 Å². The fraction of sp³-hybridized carbons (Fsp3) is 0.526. The van der Waals surface area contributed by atoms with Crippen LogP contribution in [0.1, 0.15) is 31.9 Å². The first-order chi connectivity index (χ1) is 12.0. The molecule has 2 aliphatic heterocycles. The van der Waals surface area contributed by atoms with Crippen LogP contribution in [-0.2, 0) is 14.4 Å². The fourth-order valence-corrected chi connectivity index (χ4v) is 3.66. The number of nitrogens with one attached hydrogen (secondary N) is 1. The maximum Gasteiger partial charge on any atom is 0.247 e. The van der Waals surface area contributed by atoms with Gasteiger partial charge in [-0.3, -0.25) is 14.4 Å². The number of rotatable bonds is 4. The lowest BCUT2D eigenvalue weighted by Gasteiger charge is -2.36. The van der Waals surface area contributed by atoms with Crippen LogP contribution in [0.2, 0.25) is 0 Å². The molecule has 0 aliphatic carbocycles. The van der Waals surface area contributed by atoms with Crippen LogP contribution in [0, 0.1) is 11.8 Å². The van der Waals surface area contributed by atoms with Crippen LogP contribution < -0.4 is 5.32 Å². The Kier molecular flexibility index (Phi) is 5.06. The molecule has 2 fully saturated rings. The largest absolute Gasteiger partial charge is 0.352 e. The van der Waals surface area contributed by atoms with Gasteiger partial charge in [0.25, 0.3) is 0 Å². The van der Waals surface area contributed by atoms with Gasteiger partial charge in [-0.15, -0.1) is 0 Å². The van der Waals surface area contributed by atoms with Gasteiger partial charge in [-0.2, -0.15) is 0 Å². The lowest BCUT2D eigenvalue weighted by Crippen LogP contribution is -2.53. The quantitative estimate of drug-likeness (QED) is 0.893. The fourth-order valence-electron chi connectivity index (χ4n) is 3.66. The van der Waals surface area contributed by atoms with Gasteiger partial charge in [-0.1, -0.05) is 44.2 Å². The summed E-state index contributed by atoms with van der Waals surface area (Å²) in [6, 6.07) is 8.72. The van der Waals surface area contributed by atoms with E-state index in [1.807, 2.05) is 30.3 Å². The molecule has 2 heterocycles. The van der Waals surface area contributed by atoms with Crippen molar-refractivity contribution < 1.29 is 14.4 Å². The zero-order valence-electron chi connectivity index (χ0n) is 14.8. The molecule has 134 valence electrons. The summed E-state index contributed by atoms with van der Waals surface area (Å²) < 4.78 is 0. The maximum absolute atomic E-state index is 13.1. The minimum Gasteiger partial charge on any atom is -0.352 e. The van der Waals surface area contributed by atoms with Gasteiger partial charge >= 0.3 is 0 Å². The number of piperazine rings is 1. The van der Waals surface area contributed by atoms with Crippen LogP contribution in [0.4, 0.5) is 0 Å². The third-order valence-electron chi connectivity index (χ3n) is 4.76. The molecule has 2 saturated heterocycles.